The molecule has 31 heavy (non-hydrogen) atoms. The topological polar surface area (TPSA) is 86.5 Å². The third-order valence-corrected chi connectivity index (χ3v) is 5.69. The van der Waals surface area contributed by atoms with Crippen molar-refractivity contribution in [3.8, 4) is 0 Å². The van der Waals surface area contributed by atoms with Gasteiger partial charge >= 0.3 is 0 Å². The summed E-state index contributed by atoms with van der Waals surface area (Å²) in [7, 11) is 1.82. The number of rotatable bonds is 6. The third-order valence-electron chi connectivity index (χ3n) is 5.44. The quantitative estimate of drug-likeness (QED) is 0.548. The fraction of sp³-hybridized carbons (Fsp3) is 0.304. The molecule has 1 aliphatic heterocycles. The fourth-order valence-corrected chi connectivity index (χ4v) is 3.87. The number of carbonyl (C=O) groups is 1. The van der Waals surface area contributed by atoms with Gasteiger partial charge in [-0.1, -0.05) is 23.7 Å². The summed E-state index contributed by atoms with van der Waals surface area (Å²) in [5.74, 6) is -0.414. The SMILES string of the molecule is CNc1cc(CN2CCOCC2)cc2c(=O)c(C(=O)NCc3ccc(Cl)cc3)c[nH]c12. The molecule has 0 atom stereocenters. The molecule has 0 unspecified atom stereocenters. The van der Waals surface area contributed by atoms with Gasteiger partial charge in [-0.2, -0.15) is 0 Å². The molecule has 4 rings (SSSR count). The molecule has 2 aromatic carbocycles. The van der Waals surface area contributed by atoms with Gasteiger partial charge in [0.25, 0.3) is 5.91 Å². The zero-order valence-electron chi connectivity index (χ0n) is 17.3. The maximum Gasteiger partial charge on any atom is 0.257 e. The Balaban J connectivity index is 1.60. The molecule has 0 saturated carbocycles. The number of carbonyl (C=O) groups excluding carboxylic acids is 1. The van der Waals surface area contributed by atoms with Gasteiger partial charge in [0.05, 0.1) is 24.4 Å². The van der Waals surface area contributed by atoms with Crippen LogP contribution in [0.15, 0.2) is 47.4 Å². The molecule has 0 radical (unpaired) electrons. The standard InChI is InChI=1S/C23H25ClN4O3/c1-25-20-11-16(14-28-6-8-31-9-7-28)10-18-21(20)26-13-19(22(18)29)23(30)27-12-15-2-4-17(24)5-3-15/h2-5,10-11,13,25H,6-9,12,14H2,1H3,(H,26,29)(H,27,30). The van der Waals surface area contributed by atoms with E-state index in [0.29, 0.717) is 35.7 Å². The Morgan fingerprint density at radius 1 is 1.16 bits per heavy atom. The van der Waals surface area contributed by atoms with Crippen LogP contribution < -0.4 is 16.1 Å². The van der Waals surface area contributed by atoms with Gasteiger partial charge in [0.15, 0.2) is 0 Å². The molecule has 0 aliphatic carbocycles. The van der Waals surface area contributed by atoms with Crippen molar-refractivity contribution in [2.45, 2.75) is 13.1 Å². The second-order valence-corrected chi connectivity index (χ2v) is 7.98. The van der Waals surface area contributed by atoms with Gasteiger partial charge in [0, 0.05) is 49.8 Å². The van der Waals surface area contributed by atoms with E-state index in [9.17, 15) is 9.59 Å². The summed E-state index contributed by atoms with van der Waals surface area (Å²) in [4.78, 5) is 31.3. The van der Waals surface area contributed by atoms with E-state index in [-0.39, 0.29) is 11.0 Å². The molecule has 162 valence electrons. The average molecular weight is 441 g/mol. The number of halogens is 1. The molecule has 1 aliphatic rings. The number of aromatic nitrogens is 1. The van der Waals surface area contributed by atoms with Crippen molar-refractivity contribution in [2.75, 3.05) is 38.7 Å². The number of morpholine rings is 1. The number of pyridine rings is 1. The summed E-state index contributed by atoms with van der Waals surface area (Å²) in [6.45, 7) is 4.18. The van der Waals surface area contributed by atoms with E-state index in [4.69, 9.17) is 16.3 Å². The normalized spacial score (nSPS) is 14.5. The summed E-state index contributed by atoms with van der Waals surface area (Å²) < 4.78 is 5.41. The van der Waals surface area contributed by atoms with E-state index in [1.54, 1.807) is 12.1 Å². The minimum atomic E-state index is -0.414. The predicted octanol–water partition coefficient (Wildman–Crippen LogP) is 2.99. The molecule has 3 aromatic rings. The molecule has 3 N–H and O–H groups in total. The number of hydrogen-bond donors (Lipinski definition) is 3. The minimum absolute atomic E-state index is 0.0899. The Morgan fingerprint density at radius 3 is 2.61 bits per heavy atom. The first-order valence-corrected chi connectivity index (χ1v) is 10.6. The lowest BCUT2D eigenvalue weighted by Crippen LogP contribution is -2.35. The van der Waals surface area contributed by atoms with Crippen molar-refractivity contribution in [3.63, 3.8) is 0 Å². The van der Waals surface area contributed by atoms with Crippen LogP contribution in [0.3, 0.4) is 0 Å². The van der Waals surface area contributed by atoms with Crippen LogP contribution >= 0.6 is 11.6 Å². The average Bonchev–Trinajstić information content (AvgIpc) is 2.79. The molecular formula is C23H25ClN4O3. The lowest BCUT2D eigenvalue weighted by atomic mass is 10.1. The van der Waals surface area contributed by atoms with Crippen molar-refractivity contribution in [2.24, 2.45) is 0 Å². The predicted molar refractivity (Wildman–Crippen MR) is 123 cm³/mol. The molecule has 1 saturated heterocycles. The van der Waals surface area contributed by atoms with Crippen LogP contribution in [0, 0.1) is 0 Å². The number of nitrogens with zero attached hydrogens (tertiary/aromatic N) is 1. The fourth-order valence-electron chi connectivity index (χ4n) is 3.75. The van der Waals surface area contributed by atoms with Crippen molar-refractivity contribution in [3.05, 3.63) is 74.5 Å². The first kappa shape index (κ1) is 21.4. The van der Waals surface area contributed by atoms with E-state index in [0.717, 1.165) is 36.4 Å². The van der Waals surface area contributed by atoms with Crippen LogP contribution in [0.4, 0.5) is 5.69 Å². The Kier molecular flexibility index (Phi) is 6.56. The first-order chi connectivity index (χ1) is 15.0. The number of H-pyrrole nitrogens is 1. The second kappa shape index (κ2) is 9.51. The van der Waals surface area contributed by atoms with Crippen LogP contribution in [0.2, 0.25) is 5.02 Å². The number of amides is 1. The lowest BCUT2D eigenvalue weighted by molar-refractivity contribution is 0.0342. The Labute approximate surface area is 185 Å². The molecule has 1 fully saturated rings. The van der Waals surface area contributed by atoms with Crippen LogP contribution in [0.25, 0.3) is 10.9 Å². The largest absolute Gasteiger partial charge is 0.386 e. The molecule has 2 heterocycles. The van der Waals surface area contributed by atoms with Crippen molar-refractivity contribution < 1.29 is 9.53 Å². The zero-order valence-corrected chi connectivity index (χ0v) is 18.1. The number of fused-ring (bicyclic) bond motifs is 1. The van der Waals surface area contributed by atoms with Crippen molar-refractivity contribution >= 4 is 34.1 Å². The highest BCUT2D eigenvalue weighted by Gasteiger charge is 2.17. The zero-order chi connectivity index (χ0) is 21.8. The smallest absolute Gasteiger partial charge is 0.257 e. The lowest BCUT2D eigenvalue weighted by Gasteiger charge is -2.26. The van der Waals surface area contributed by atoms with Crippen LogP contribution in [0.5, 0.6) is 0 Å². The first-order valence-electron chi connectivity index (χ1n) is 10.2. The second-order valence-electron chi connectivity index (χ2n) is 7.55. The summed E-state index contributed by atoms with van der Waals surface area (Å²) >= 11 is 5.90. The van der Waals surface area contributed by atoms with Crippen molar-refractivity contribution in [1.82, 2.24) is 15.2 Å². The maximum atomic E-state index is 13.2. The van der Waals surface area contributed by atoms with E-state index >= 15 is 0 Å². The molecule has 0 bridgehead atoms. The summed E-state index contributed by atoms with van der Waals surface area (Å²) in [5.41, 5.74) is 3.23. The Hall–Kier alpha value is -2.87. The van der Waals surface area contributed by atoms with E-state index < -0.39 is 5.91 Å². The van der Waals surface area contributed by atoms with Gasteiger partial charge in [-0.25, -0.2) is 0 Å². The summed E-state index contributed by atoms with van der Waals surface area (Å²) in [6, 6.07) is 11.1. The maximum absolute atomic E-state index is 13.2. The minimum Gasteiger partial charge on any atom is -0.386 e. The number of ether oxygens (including phenoxy) is 1. The monoisotopic (exact) mass is 440 g/mol. The molecular weight excluding hydrogens is 416 g/mol. The molecule has 0 spiro atoms. The third kappa shape index (κ3) is 4.90. The van der Waals surface area contributed by atoms with Gasteiger partial charge in [-0.3, -0.25) is 14.5 Å². The Bertz CT molecular complexity index is 1140. The number of nitrogens with one attached hydrogen (secondary N) is 3. The highest BCUT2D eigenvalue weighted by atomic mass is 35.5. The number of aromatic amines is 1. The van der Waals surface area contributed by atoms with Crippen LogP contribution in [-0.2, 0) is 17.8 Å². The highest BCUT2D eigenvalue weighted by molar-refractivity contribution is 6.30. The molecule has 1 amide bonds. The Morgan fingerprint density at radius 2 is 1.90 bits per heavy atom. The van der Waals surface area contributed by atoms with Crippen LogP contribution in [0.1, 0.15) is 21.5 Å². The van der Waals surface area contributed by atoms with Gasteiger partial charge in [0.1, 0.15) is 5.56 Å². The van der Waals surface area contributed by atoms with Gasteiger partial charge in [-0.15, -0.1) is 0 Å². The highest BCUT2D eigenvalue weighted by Crippen LogP contribution is 2.23. The summed E-state index contributed by atoms with van der Waals surface area (Å²) in [5, 5.41) is 7.09. The van der Waals surface area contributed by atoms with Crippen molar-refractivity contribution in [1.29, 1.82) is 0 Å². The molecule has 1 aromatic heterocycles. The van der Waals surface area contributed by atoms with Crippen LogP contribution in [-0.4, -0.2) is 49.1 Å². The summed E-state index contributed by atoms with van der Waals surface area (Å²) in [6.07, 6.45) is 1.48. The van der Waals surface area contributed by atoms with E-state index in [2.05, 4.69) is 20.5 Å². The number of hydrogen-bond acceptors (Lipinski definition) is 5. The van der Waals surface area contributed by atoms with Gasteiger partial charge < -0.3 is 20.4 Å². The molecule has 8 heteroatoms. The number of anilines is 1. The van der Waals surface area contributed by atoms with E-state index in [1.165, 1.54) is 6.20 Å². The molecule has 7 nitrogen and oxygen atoms in total. The van der Waals surface area contributed by atoms with Gasteiger partial charge in [0.2, 0.25) is 5.43 Å². The van der Waals surface area contributed by atoms with Gasteiger partial charge in [-0.05, 0) is 35.4 Å². The van der Waals surface area contributed by atoms with E-state index in [1.807, 2.05) is 31.3 Å². The number of benzene rings is 2.